The molecular weight excluding hydrogens is 355 g/mol. The quantitative estimate of drug-likeness (QED) is 0.532. The zero-order valence-corrected chi connectivity index (χ0v) is 14.0. The van der Waals surface area contributed by atoms with Crippen molar-refractivity contribution in [3.8, 4) is 0 Å². The van der Waals surface area contributed by atoms with Gasteiger partial charge in [-0.3, -0.25) is 14.9 Å². The maximum atomic E-state index is 12.8. The van der Waals surface area contributed by atoms with E-state index in [1.54, 1.807) is 0 Å². The molecule has 0 bridgehead atoms. The van der Waals surface area contributed by atoms with Crippen LogP contribution in [0.4, 0.5) is 9.18 Å². The predicted octanol–water partition coefficient (Wildman–Crippen LogP) is 0.521. The van der Waals surface area contributed by atoms with Gasteiger partial charge in [-0.2, -0.15) is 0 Å². The number of rotatable bonds is 7. The summed E-state index contributed by atoms with van der Waals surface area (Å²) in [5.41, 5.74) is 0. The lowest BCUT2D eigenvalue weighted by molar-refractivity contribution is -0.147. The Morgan fingerprint density at radius 3 is 2.40 bits per heavy atom. The van der Waals surface area contributed by atoms with Crippen molar-refractivity contribution in [1.29, 1.82) is 0 Å². The Morgan fingerprint density at radius 2 is 1.80 bits per heavy atom. The molecule has 0 atom stereocenters. The normalized spacial score (nSPS) is 13.8. The fourth-order valence-corrected chi connectivity index (χ4v) is 3.03. The van der Waals surface area contributed by atoms with Gasteiger partial charge in [-0.15, -0.1) is 0 Å². The van der Waals surface area contributed by atoms with Crippen LogP contribution in [0.2, 0.25) is 0 Å². The first-order valence-corrected chi connectivity index (χ1v) is 9.16. The maximum absolute atomic E-state index is 12.8. The summed E-state index contributed by atoms with van der Waals surface area (Å²) in [7, 11) is -3.77. The molecule has 0 spiro atoms. The lowest BCUT2D eigenvalue weighted by Gasteiger charge is -2.07. The highest BCUT2D eigenvalue weighted by Crippen LogP contribution is 2.18. The van der Waals surface area contributed by atoms with Crippen molar-refractivity contribution in [3.63, 3.8) is 0 Å². The van der Waals surface area contributed by atoms with Crippen molar-refractivity contribution >= 4 is 27.7 Å². The molecule has 0 unspecified atom stereocenters. The van der Waals surface area contributed by atoms with Crippen molar-refractivity contribution in [2.75, 3.05) is 12.4 Å². The molecule has 1 aromatic carbocycles. The Morgan fingerprint density at radius 1 is 1.16 bits per heavy atom. The van der Waals surface area contributed by atoms with Crippen LogP contribution in [0, 0.1) is 5.82 Å². The van der Waals surface area contributed by atoms with E-state index in [-0.39, 0.29) is 10.9 Å². The Bertz CT molecular complexity index is 759. The molecule has 0 aliphatic heterocycles. The first-order chi connectivity index (χ1) is 11.8. The van der Waals surface area contributed by atoms with Crippen LogP contribution in [0.15, 0.2) is 29.2 Å². The van der Waals surface area contributed by atoms with Crippen molar-refractivity contribution in [2.24, 2.45) is 0 Å². The van der Waals surface area contributed by atoms with E-state index in [0.29, 0.717) is 0 Å². The van der Waals surface area contributed by atoms with Gasteiger partial charge in [-0.1, -0.05) is 0 Å². The van der Waals surface area contributed by atoms with Crippen LogP contribution in [0.1, 0.15) is 19.3 Å². The summed E-state index contributed by atoms with van der Waals surface area (Å²) in [6.45, 7) is -0.687. The first kappa shape index (κ1) is 18.8. The third-order valence-corrected chi connectivity index (χ3v) is 5.01. The summed E-state index contributed by atoms with van der Waals surface area (Å²) >= 11 is 0. The highest BCUT2D eigenvalue weighted by atomic mass is 32.2. The van der Waals surface area contributed by atoms with Gasteiger partial charge in [-0.05, 0) is 37.1 Å². The smallest absolute Gasteiger partial charge is 0.321 e. The van der Waals surface area contributed by atoms with Gasteiger partial charge in [0, 0.05) is 6.04 Å². The summed E-state index contributed by atoms with van der Waals surface area (Å²) < 4.78 is 41.4. The molecule has 0 heterocycles. The molecule has 1 saturated carbocycles. The topological polar surface area (TPSA) is 119 Å². The van der Waals surface area contributed by atoms with Gasteiger partial charge in [0.1, 0.15) is 5.82 Å². The van der Waals surface area contributed by atoms with Crippen molar-refractivity contribution < 1.29 is 31.9 Å². The summed E-state index contributed by atoms with van der Waals surface area (Å²) in [6.07, 6.45) is 1.25. The number of benzene rings is 1. The van der Waals surface area contributed by atoms with Crippen LogP contribution in [0.5, 0.6) is 0 Å². The number of carbonyl (C=O) groups excluding carboxylic acids is 3. The average molecular weight is 372 g/mol. The van der Waals surface area contributed by atoms with Gasteiger partial charge in [0.05, 0.1) is 17.1 Å². The van der Waals surface area contributed by atoms with Crippen molar-refractivity contribution in [2.45, 2.75) is 30.2 Å². The molecule has 8 nitrogen and oxygen atoms in total. The van der Waals surface area contributed by atoms with E-state index in [1.165, 1.54) is 0 Å². The largest absolute Gasteiger partial charge is 0.456 e. The zero-order chi connectivity index (χ0) is 18.4. The lowest BCUT2D eigenvalue weighted by atomic mass is 10.4. The van der Waals surface area contributed by atoms with Gasteiger partial charge >= 0.3 is 12.0 Å². The number of urea groups is 1. The van der Waals surface area contributed by atoms with E-state index in [2.05, 4.69) is 10.1 Å². The summed E-state index contributed by atoms with van der Waals surface area (Å²) in [4.78, 5) is 34.1. The number of hydrogen-bond acceptors (Lipinski definition) is 6. The Hall–Kier alpha value is -2.49. The number of nitrogens with one attached hydrogen (secondary N) is 2. The van der Waals surface area contributed by atoms with E-state index < -0.39 is 52.3 Å². The highest BCUT2D eigenvalue weighted by Gasteiger charge is 2.24. The third-order valence-electron chi connectivity index (χ3n) is 3.28. The molecular formula is C15H17FN2O6S. The predicted molar refractivity (Wildman–Crippen MR) is 83.7 cm³/mol. The fourth-order valence-electron chi connectivity index (χ4n) is 1.81. The first-order valence-electron chi connectivity index (χ1n) is 7.50. The van der Waals surface area contributed by atoms with Crippen LogP contribution >= 0.6 is 0 Å². The van der Waals surface area contributed by atoms with E-state index in [4.69, 9.17) is 0 Å². The molecule has 2 rings (SSSR count). The molecule has 1 fully saturated rings. The molecule has 10 heteroatoms. The van der Waals surface area contributed by atoms with Crippen LogP contribution in [-0.4, -0.2) is 44.7 Å². The van der Waals surface area contributed by atoms with Crippen molar-refractivity contribution in [3.05, 3.63) is 30.1 Å². The summed E-state index contributed by atoms with van der Waals surface area (Å²) in [5.74, 6) is -2.83. The number of esters is 1. The number of sulfone groups is 1. The third kappa shape index (κ3) is 6.49. The van der Waals surface area contributed by atoms with Gasteiger partial charge in [0.25, 0.3) is 5.91 Å². The molecule has 3 amide bonds. The Balaban J connectivity index is 1.71. The minimum atomic E-state index is -3.77. The molecule has 2 N–H and O–H groups in total. The second kappa shape index (κ2) is 8.06. The number of imide groups is 1. The highest BCUT2D eigenvalue weighted by molar-refractivity contribution is 7.91. The van der Waals surface area contributed by atoms with Gasteiger partial charge in [-0.25, -0.2) is 17.6 Å². The molecule has 1 aliphatic carbocycles. The number of halogens is 1. The zero-order valence-electron chi connectivity index (χ0n) is 13.2. The molecule has 0 saturated heterocycles. The van der Waals surface area contributed by atoms with Crippen LogP contribution in [-0.2, 0) is 24.2 Å². The van der Waals surface area contributed by atoms with E-state index >= 15 is 0 Å². The Labute approximate surface area is 143 Å². The van der Waals surface area contributed by atoms with Crippen LogP contribution in [0.25, 0.3) is 0 Å². The number of ether oxygens (including phenoxy) is 1. The van der Waals surface area contributed by atoms with Gasteiger partial charge in [0.15, 0.2) is 16.4 Å². The van der Waals surface area contributed by atoms with E-state index in [0.717, 1.165) is 37.1 Å². The second-order valence-corrected chi connectivity index (χ2v) is 7.59. The number of hydrogen-bond donors (Lipinski definition) is 2. The minimum absolute atomic E-state index is 0.0759. The minimum Gasteiger partial charge on any atom is -0.456 e. The number of carbonyl (C=O) groups is 3. The summed E-state index contributed by atoms with van der Waals surface area (Å²) in [6, 6.07) is 3.61. The molecule has 1 aliphatic rings. The second-order valence-electron chi connectivity index (χ2n) is 5.48. The molecule has 0 radical (unpaired) electrons. The average Bonchev–Trinajstić information content (AvgIpc) is 3.35. The maximum Gasteiger partial charge on any atom is 0.321 e. The van der Waals surface area contributed by atoms with Gasteiger partial charge < -0.3 is 10.1 Å². The lowest BCUT2D eigenvalue weighted by Crippen LogP contribution is -2.42. The standard InChI is InChI=1S/C15H17FN2O6S/c16-10-1-5-12(6-2-10)25(22,23)8-7-14(20)24-9-13(19)18-15(21)17-11-3-4-11/h1-2,5-6,11H,3-4,7-9H2,(H2,17,18,19,21). The summed E-state index contributed by atoms with van der Waals surface area (Å²) in [5, 5.41) is 4.51. The van der Waals surface area contributed by atoms with E-state index in [9.17, 15) is 27.2 Å². The van der Waals surface area contributed by atoms with Gasteiger partial charge in [0.2, 0.25) is 0 Å². The van der Waals surface area contributed by atoms with Crippen LogP contribution < -0.4 is 10.6 Å². The van der Waals surface area contributed by atoms with Crippen molar-refractivity contribution in [1.82, 2.24) is 10.6 Å². The molecule has 136 valence electrons. The molecule has 0 aromatic heterocycles. The van der Waals surface area contributed by atoms with E-state index in [1.807, 2.05) is 5.32 Å². The Kier molecular flexibility index (Phi) is 6.07. The monoisotopic (exact) mass is 372 g/mol. The molecule has 1 aromatic rings. The molecule has 25 heavy (non-hydrogen) atoms. The SMILES string of the molecule is O=C(COC(=O)CCS(=O)(=O)c1ccc(F)cc1)NC(=O)NC1CC1. The van der Waals surface area contributed by atoms with Crippen LogP contribution in [0.3, 0.4) is 0 Å². The fraction of sp³-hybridized carbons (Fsp3) is 0.400. The number of amides is 3.